The van der Waals surface area contributed by atoms with Crippen LogP contribution in [0.2, 0.25) is 0 Å². The Labute approximate surface area is 112 Å². The molecule has 3 aromatic carbocycles. The van der Waals surface area contributed by atoms with Gasteiger partial charge in [-0.25, -0.2) is 0 Å². The fraction of sp³-hybridized carbons (Fsp3) is 0.0588. The number of anilines is 1. The van der Waals surface area contributed by atoms with Crippen LogP contribution in [-0.2, 0) is 0 Å². The van der Waals surface area contributed by atoms with Gasteiger partial charge < -0.3 is 10.5 Å². The molecule has 94 valence electrons. The van der Waals surface area contributed by atoms with Crippen molar-refractivity contribution in [3.63, 3.8) is 0 Å². The molecule has 0 heterocycles. The molecule has 0 amide bonds. The first kappa shape index (κ1) is 11.6. The van der Waals surface area contributed by atoms with Crippen molar-refractivity contribution in [2.45, 2.75) is 0 Å². The van der Waals surface area contributed by atoms with Crippen LogP contribution in [0.25, 0.3) is 21.9 Å². The van der Waals surface area contributed by atoms with Gasteiger partial charge in [0.05, 0.1) is 7.11 Å². The summed E-state index contributed by atoms with van der Waals surface area (Å²) in [5.74, 6) is 0.898. The summed E-state index contributed by atoms with van der Waals surface area (Å²) in [4.78, 5) is 0. The highest BCUT2D eigenvalue weighted by Gasteiger charge is 2.07. The van der Waals surface area contributed by atoms with Gasteiger partial charge in [-0.15, -0.1) is 0 Å². The van der Waals surface area contributed by atoms with Crippen LogP contribution in [0.15, 0.2) is 60.7 Å². The summed E-state index contributed by atoms with van der Waals surface area (Å²) in [5, 5.41) is 2.31. The first-order chi connectivity index (χ1) is 9.29. The number of nitrogen functional groups attached to an aromatic ring is 1. The lowest BCUT2D eigenvalue weighted by Gasteiger charge is -2.10. The van der Waals surface area contributed by atoms with Crippen molar-refractivity contribution in [1.29, 1.82) is 0 Å². The first-order valence-electron chi connectivity index (χ1n) is 6.21. The minimum Gasteiger partial charge on any atom is -0.496 e. The molecule has 0 spiro atoms. The predicted octanol–water partition coefficient (Wildman–Crippen LogP) is 4.10. The third-order valence-corrected chi connectivity index (χ3v) is 3.33. The van der Waals surface area contributed by atoms with Gasteiger partial charge in [-0.3, -0.25) is 0 Å². The maximum Gasteiger partial charge on any atom is 0.126 e. The monoisotopic (exact) mass is 249 g/mol. The van der Waals surface area contributed by atoms with Crippen LogP contribution in [0.1, 0.15) is 0 Å². The Kier molecular flexibility index (Phi) is 2.84. The van der Waals surface area contributed by atoms with Gasteiger partial charge in [0.1, 0.15) is 5.75 Å². The molecule has 0 bridgehead atoms. The van der Waals surface area contributed by atoms with E-state index in [9.17, 15) is 0 Å². The molecule has 0 aliphatic carbocycles. The second-order valence-electron chi connectivity index (χ2n) is 4.48. The lowest BCUT2D eigenvalue weighted by molar-refractivity contribution is 0.420. The van der Waals surface area contributed by atoms with E-state index in [1.165, 1.54) is 10.9 Å². The molecule has 0 fully saturated rings. The molecule has 0 radical (unpaired) electrons. The molecule has 3 rings (SSSR count). The minimum absolute atomic E-state index is 0.779. The number of rotatable bonds is 2. The van der Waals surface area contributed by atoms with Gasteiger partial charge in [0, 0.05) is 11.1 Å². The van der Waals surface area contributed by atoms with Gasteiger partial charge in [-0.2, -0.15) is 0 Å². The second kappa shape index (κ2) is 4.65. The van der Waals surface area contributed by atoms with Crippen molar-refractivity contribution in [2.24, 2.45) is 0 Å². The van der Waals surface area contributed by atoms with Crippen molar-refractivity contribution < 1.29 is 4.74 Å². The fourth-order valence-electron chi connectivity index (χ4n) is 2.36. The zero-order chi connectivity index (χ0) is 13.2. The number of fused-ring (bicyclic) bond motifs is 1. The summed E-state index contributed by atoms with van der Waals surface area (Å²) in [6, 6.07) is 20.3. The topological polar surface area (TPSA) is 35.2 Å². The number of methoxy groups -OCH3 is 1. The Balaban J connectivity index is 2.27. The Morgan fingerprint density at radius 1 is 0.789 bits per heavy atom. The highest BCUT2D eigenvalue weighted by molar-refractivity contribution is 6.00. The van der Waals surface area contributed by atoms with E-state index in [0.29, 0.717) is 0 Å². The largest absolute Gasteiger partial charge is 0.496 e. The Morgan fingerprint density at radius 3 is 2.16 bits per heavy atom. The normalized spacial score (nSPS) is 10.6. The highest BCUT2D eigenvalue weighted by Crippen LogP contribution is 2.34. The van der Waals surface area contributed by atoms with E-state index in [1.54, 1.807) is 7.11 Å². The molecule has 19 heavy (non-hydrogen) atoms. The molecule has 2 N–H and O–H groups in total. The van der Waals surface area contributed by atoms with Crippen LogP contribution in [-0.4, -0.2) is 7.11 Å². The van der Waals surface area contributed by atoms with Gasteiger partial charge in [0.2, 0.25) is 0 Å². The van der Waals surface area contributed by atoms with Gasteiger partial charge in [0.25, 0.3) is 0 Å². The van der Waals surface area contributed by atoms with Crippen molar-refractivity contribution in [2.75, 3.05) is 12.8 Å². The van der Waals surface area contributed by atoms with Gasteiger partial charge in [-0.05, 0) is 34.7 Å². The second-order valence-corrected chi connectivity index (χ2v) is 4.48. The van der Waals surface area contributed by atoms with E-state index in [4.69, 9.17) is 10.5 Å². The van der Waals surface area contributed by atoms with Crippen LogP contribution in [0.5, 0.6) is 5.75 Å². The average molecular weight is 249 g/mol. The van der Waals surface area contributed by atoms with E-state index >= 15 is 0 Å². The van der Waals surface area contributed by atoms with Crippen molar-refractivity contribution in [3.05, 3.63) is 60.7 Å². The van der Waals surface area contributed by atoms with Crippen molar-refractivity contribution in [3.8, 4) is 16.9 Å². The van der Waals surface area contributed by atoms with E-state index in [1.807, 2.05) is 42.5 Å². The number of benzene rings is 3. The SMILES string of the molecule is COc1ccc(-c2ccc(N)cc2)c2ccccc12. The van der Waals surface area contributed by atoms with E-state index < -0.39 is 0 Å². The van der Waals surface area contributed by atoms with Gasteiger partial charge in [-0.1, -0.05) is 42.5 Å². The number of hydrogen-bond donors (Lipinski definition) is 1. The molecule has 3 aromatic rings. The smallest absolute Gasteiger partial charge is 0.126 e. The van der Waals surface area contributed by atoms with E-state index in [2.05, 4.69) is 18.2 Å². The van der Waals surface area contributed by atoms with Crippen LogP contribution >= 0.6 is 0 Å². The third kappa shape index (κ3) is 2.02. The van der Waals surface area contributed by atoms with Crippen LogP contribution < -0.4 is 10.5 Å². The summed E-state index contributed by atoms with van der Waals surface area (Å²) >= 11 is 0. The summed E-state index contributed by atoms with van der Waals surface area (Å²) in [7, 11) is 1.70. The molecule has 0 aromatic heterocycles. The summed E-state index contributed by atoms with van der Waals surface area (Å²) in [6.07, 6.45) is 0. The highest BCUT2D eigenvalue weighted by atomic mass is 16.5. The van der Waals surface area contributed by atoms with Crippen molar-refractivity contribution in [1.82, 2.24) is 0 Å². The molecule has 2 heteroatoms. The number of nitrogens with two attached hydrogens (primary N) is 1. The van der Waals surface area contributed by atoms with Crippen LogP contribution in [0.3, 0.4) is 0 Å². The molecular formula is C17H15NO. The number of ether oxygens (including phenoxy) is 1. The third-order valence-electron chi connectivity index (χ3n) is 3.33. The molecule has 0 aliphatic heterocycles. The maximum atomic E-state index is 5.74. The number of hydrogen-bond acceptors (Lipinski definition) is 2. The Morgan fingerprint density at radius 2 is 1.47 bits per heavy atom. The lowest BCUT2D eigenvalue weighted by atomic mass is 9.97. The zero-order valence-corrected chi connectivity index (χ0v) is 10.8. The van der Waals surface area contributed by atoms with Gasteiger partial charge >= 0.3 is 0 Å². The van der Waals surface area contributed by atoms with Gasteiger partial charge in [0.15, 0.2) is 0 Å². The Bertz CT molecular complexity index is 717. The maximum absolute atomic E-state index is 5.74. The predicted molar refractivity (Wildman–Crippen MR) is 80.3 cm³/mol. The fourth-order valence-corrected chi connectivity index (χ4v) is 2.36. The average Bonchev–Trinajstić information content (AvgIpc) is 2.47. The molecule has 0 unspecified atom stereocenters. The zero-order valence-electron chi connectivity index (χ0n) is 10.8. The first-order valence-corrected chi connectivity index (χ1v) is 6.21. The van der Waals surface area contributed by atoms with E-state index in [-0.39, 0.29) is 0 Å². The lowest BCUT2D eigenvalue weighted by Crippen LogP contribution is -1.88. The summed E-state index contributed by atoms with van der Waals surface area (Å²) < 4.78 is 5.42. The molecule has 0 aliphatic rings. The Hall–Kier alpha value is -2.48. The van der Waals surface area contributed by atoms with E-state index in [0.717, 1.165) is 22.4 Å². The van der Waals surface area contributed by atoms with Crippen molar-refractivity contribution >= 4 is 16.5 Å². The standard InChI is InChI=1S/C17H15NO/c1-19-17-11-10-14(12-6-8-13(18)9-7-12)15-4-2-3-5-16(15)17/h2-11H,18H2,1H3. The molecular weight excluding hydrogens is 234 g/mol. The van der Waals surface area contributed by atoms with Crippen LogP contribution in [0.4, 0.5) is 5.69 Å². The summed E-state index contributed by atoms with van der Waals surface area (Å²) in [5.41, 5.74) is 8.87. The van der Waals surface area contributed by atoms with Crippen LogP contribution in [0, 0.1) is 0 Å². The molecule has 0 atom stereocenters. The quantitative estimate of drug-likeness (QED) is 0.694. The minimum atomic E-state index is 0.779. The molecule has 0 saturated carbocycles. The molecule has 2 nitrogen and oxygen atoms in total. The molecule has 0 saturated heterocycles. The summed E-state index contributed by atoms with van der Waals surface area (Å²) in [6.45, 7) is 0.